The van der Waals surface area contributed by atoms with Gasteiger partial charge in [0.1, 0.15) is 13.7 Å². The molecule has 1 aromatic rings. The molecule has 0 aliphatic rings. The highest BCUT2D eigenvalue weighted by Gasteiger charge is 2.24. The van der Waals surface area contributed by atoms with Crippen LogP contribution in [0.15, 0.2) is 35.5 Å². The average molecular weight is 280 g/mol. The van der Waals surface area contributed by atoms with Crippen molar-refractivity contribution in [2.45, 2.75) is 19.6 Å². The van der Waals surface area contributed by atoms with Crippen molar-refractivity contribution < 1.29 is 24.3 Å². The number of oxime groups is 1. The molecule has 0 fully saturated rings. The smallest absolute Gasteiger partial charge is 0.408 e. The molecular weight excluding hydrogens is 264 g/mol. The molecular formula is C13H16N2O5. The minimum Gasteiger partial charge on any atom is -0.479 e. The number of benzene rings is 1. The molecule has 108 valence electrons. The first-order valence-electron chi connectivity index (χ1n) is 5.82. The SMILES string of the molecule is CON=C(C)C(NC(=O)OCc1ccccc1)C(=O)O. The third-order valence-electron chi connectivity index (χ3n) is 2.37. The summed E-state index contributed by atoms with van der Waals surface area (Å²) >= 11 is 0. The molecule has 7 heteroatoms. The number of amides is 1. The van der Waals surface area contributed by atoms with Gasteiger partial charge in [-0.2, -0.15) is 0 Å². The number of carboxylic acids is 1. The van der Waals surface area contributed by atoms with Crippen molar-refractivity contribution in [3.63, 3.8) is 0 Å². The van der Waals surface area contributed by atoms with Gasteiger partial charge in [0.05, 0.1) is 5.71 Å². The van der Waals surface area contributed by atoms with Crippen LogP contribution in [0.1, 0.15) is 12.5 Å². The summed E-state index contributed by atoms with van der Waals surface area (Å²) in [5.41, 5.74) is 0.911. The lowest BCUT2D eigenvalue weighted by atomic mass is 10.2. The van der Waals surface area contributed by atoms with Gasteiger partial charge in [-0.25, -0.2) is 9.59 Å². The third-order valence-corrected chi connectivity index (χ3v) is 2.37. The molecule has 0 bridgehead atoms. The van der Waals surface area contributed by atoms with Gasteiger partial charge in [0.15, 0.2) is 6.04 Å². The van der Waals surface area contributed by atoms with Crippen LogP contribution in [0.3, 0.4) is 0 Å². The Morgan fingerprint density at radius 3 is 2.55 bits per heavy atom. The Balaban J connectivity index is 2.55. The highest BCUT2D eigenvalue weighted by molar-refractivity contribution is 6.05. The number of aliphatic carboxylic acids is 1. The first-order chi connectivity index (χ1) is 9.54. The van der Waals surface area contributed by atoms with E-state index >= 15 is 0 Å². The number of rotatable bonds is 6. The molecule has 0 heterocycles. The summed E-state index contributed by atoms with van der Waals surface area (Å²) in [4.78, 5) is 27.0. The fourth-order valence-electron chi connectivity index (χ4n) is 1.42. The predicted octanol–water partition coefficient (Wildman–Crippen LogP) is 1.39. The molecule has 1 atom stereocenters. The Morgan fingerprint density at radius 2 is 2.00 bits per heavy atom. The highest BCUT2D eigenvalue weighted by Crippen LogP contribution is 2.01. The highest BCUT2D eigenvalue weighted by atomic mass is 16.6. The van der Waals surface area contributed by atoms with E-state index in [1.54, 1.807) is 12.1 Å². The number of ether oxygens (including phenoxy) is 1. The molecule has 1 amide bonds. The number of carbonyl (C=O) groups is 2. The normalized spacial score (nSPS) is 12.4. The van der Waals surface area contributed by atoms with Crippen LogP contribution < -0.4 is 5.32 Å². The maximum absolute atomic E-state index is 11.5. The average Bonchev–Trinajstić information content (AvgIpc) is 2.43. The molecule has 1 unspecified atom stereocenters. The van der Waals surface area contributed by atoms with Crippen LogP contribution in [0.4, 0.5) is 4.79 Å². The molecule has 7 nitrogen and oxygen atoms in total. The molecule has 2 N–H and O–H groups in total. The first-order valence-corrected chi connectivity index (χ1v) is 5.82. The fourth-order valence-corrected chi connectivity index (χ4v) is 1.42. The Labute approximate surface area is 116 Å². The van der Waals surface area contributed by atoms with Gasteiger partial charge in [0, 0.05) is 0 Å². The van der Waals surface area contributed by atoms with E-state index in [0.717, 1.165) is 5.56 Å². The number of hydrogen-bond acceptors (Lipinski definition) is 5. The third kappa shape index (κ3) is 4.97. The van der Waals surface area contributed by atoms with E-state index in [1.807, 2.05) is 18.2 Å². The molecule has 0 spiro atoms. The standard InChI is InChI=1S/C13H16N2O5/c1-9(15-19-2)11(12(16)17)14-13(18)20-8-10-6-4-3-5-7-10/h3-7,11H,8H2,1-2H3,(H,14,18)(H,16,17). The van der Waals surface area contributed by atoms with E-state index in [9.17, 15) is 9.59 Å². The summed E-state index contributed by atoms with van der Waals surface area (Å²) < 4.78 is 4.93. The van der Waals surface area contributed by atoms with Gasteiger partial charge in [0.2, 0.25) is 0 Å². The fraction of sp³-hybridized carbons (Fsp3) is 0.308. The monoisotopic (exact) mass is 280 g/mol. The molecule has 0 aromatic heterocycles. The van der Waals surface area contributed by atoms with Gasteiger partial charge in [-0.15, -0.1) is 0 Å². The van der Waals surface area contributed by atoms with Crippen LogP contribution in [-0.2, 0) is 21.0 Å². The zero-order valence-corrected chi connectivity index (χ0v) is 11.2. The molecule has 0 saturated carbocycles. The summed E-state index contributed by atoms with van der Waals surface area (Å²) in [5, 5.41) is 14.7. The zero-order chi connectivity index (χ0) is 15.0. The van der Waals surface area contributed by atoms with E-state index in [-0.39, 0.29) is 12.3 Å². The van der Waals surface area contributed by atoms with Crippen LogP contribution in [0.2, 0.25) is 0 Å². The Bertz CT molecular complexity index is 487. The number of carboxylic acid groups (broad SMARTS) is 1. The summed E-state index contributed by atoms with van der Waals surface area (Å²) in [6.07, 6.45) is -0.841. The van der Waals surface area contributed by atoms with E-state index < -0.39 is 18.1 Å². The number of carbonyl (C=O) groups excluding carboxylic acids is 1. The van der Waals surface area contributed by atoms with Crippen molar-refractivity contribution in [1.82, 2.24) is 5.32 Å². The van der Waals surface area contributed by atoms with Crippen molar-refractivity contribution in [1.29, 1.82) is 0 Å². The minimum absolute atomic E-state index is 0.0550. The van der Waals surface area contributed by atoms with Crippen LogP contribution in [0, 0.1) is 0 Å². The number of nitrogens with zero attached hydrogens (tertiary/aromatic N) is 1. The molecule has 0 aliphatic heterocycles. The van der Waals surface area contributed by atoms with E-state index in [1.165, 1.54) is 14.0 Å². The van der Waals surface area contributed by atoms with Gasteiger partial charge < -0.3 is 20.0 Å². The lowest BCUT2D eigenvalue weighted by Crippen LogP contribution is -2.45. The maximum atomic E-state index is 11.5. The van der Waals surface area contributed by atoms with Crippen molar-refractivity contribution in [2.24, 2.45) is 5.16 Å². The minimum atomic E-state index is -1.29. The Kier molecular flexibility index (Phi) is 6.02. The van der Waals surface area contributed by atoms with E-state index in [4.69, 9.17) is 9.84 Å². The van der Waals surface area contributed by atoms with E-state index in [0.29, 0.717) is 0 Å². The maximum Gasteiger partial charge on any atom is 0.408 e. The first kappa shape index (κ1) is 15.5. The van der Waals surface area contributed by atoms with Crippen LogP contribution >= 0.6 is 0 Å². The molecule has 0 saturated heterocycles. The van der Waals surface area contributed by atoms with Crippen LogP contribution in [-0.4, -0.2) is 36.0 Å². The summed E-state index contributed by atoms with van der Waals surface area (Å²) in [5.74, 6) is -1.25. The zero-order valence-electron chi connectivity index (χ0n) is 11.2. The molecule has 20 heavy (non-hydrogen) atoms. The predicted molar refractivity (Wildman–Crippen MR) is 71.3 cm³/mol. The van der Waals surface area contributed by atoms with Crippen molar-refractivity contribution in [3.8, 4) is 0 Å². The lowest BCUT2D eigenvalue weighted by Gasteiger charge is -2.13. The second kappa shape index (κ2) is 7.78. The molecule has 1 aromatic carbocycles. The van der Waals surface area contributed by atoms with Gasteiger partial charge >= 0.3 is 12.1 Å². The van der Waals surface area contributed by atoms with Crippen LogP contribution in [0.25, 0.3) is 0 Å². The topological polar surface area (TPSA) is 97.2 Å². The van der Waals surface area contributed by atoms with Crippen molar-refractivity contribution in [3.05, 3.63) is 35.9 Å². The van der Waals surface area contributed by atoms with Gasteiger partial charge in [-0.3, -0.25) is 0 Å². The lowest BCUT2D eigenvalue weighted by molar-refractivity contribution is -0.137. The van der Waals surface area contributed by atoms with Gasteiger partial charge in [-0.05, 0) is 12.5 Å². The van der Waals surface area contributed by atoms with E-state index in [2.05, 4.69) is 15.3 Å². The number of nitrogens with one attached hydrogen (secondary N) is 1. The summed E-state index contributed by atoms with van der Waals surface area (Å²) in [6.45, 7) is 1.49. The van der Waals surface area contributed by atoms with Crippen molar-refractivity contribution in [2.75, 3.05) is 7.11 Å². The molecule has 0 aliphatic carbocycles. The largest absolute Gasteiger partial charge is 0.479 e. The number of alkyl carbamates (subject to hydrolysis) is 1. The Morgan fingerprint density at radius 1 is 1.35 bits per heavy atom. The second-order valence-electron chi connectivity index (χ2n) is 3.89. The number of hydrogen-bond donors (Lipinski definition) is 2. The van der Waals surface area contributed by atoms with Crippen LogP contribution in [0.5, 0.6) is 0 Å². The van der Waals surface area contributed by atoms with Gasteiger partial charge in [-0.1, -0.05) is 35.5 Å². The summed E-state index contributed by atoms with van der Waals surface area (Å²) in [6, 6.07) is 7.75. The second-order valence-corrected chi connectivity index (χ2v) is 3.89. The van der Waals surface area contributed by atoms with Gasteiger partial charge in [0.25, 0.3) is 0 Å². The molecule has 0 radical (unpaired) electrons. The summed E-state index contributed by atoms with van der Waals surface area (Å²) in [7, 11) is 1.29. The quantitative estimate of drug-likeness (QED) is 0.606. The molecule has 1 rings (SSSR count). The van der Waals surface area contributed by atoms with Crippen molar-refractivity contribution >= 4 is 17.8 Å². The Hall–Kier alpha value is -2.57.